The van der Waals surface area contributed by atoms with Gasteiger partial charge in [-0.25, -0.2) is 9.78 Å². The molecule has 2 N–H and O–H groups in total. The van der Waals surface area contributed by atoms with Crippen molar-refractivity contribution in [3.05, 3.63) is 26.9 Å². The van der Waals surface area contributed by atoms with Crippen LogP contribution >= 0.6 is 0 Å². The van der Waals surface area contributed by atoms with Gasteiger partial charge in [0.05, 0.1) is 25.1 Å². The Labute approximate surface area is 175 Å². The molecule has 1 aromatic carbocycles. The Balaban J connectivity index is 2.04. The van der Waals surface area contributed by atoms with Crippen molar-refractivity contribution in [2.45, 2.75) is 19.9 Å². The lowest BCUT2D eigenvalue weighted by Gasteiger charge is -2.16. The molecule has 0 bridgehead atoms. The molecular formula is C20H21N5O6. The fourth-order valence-electron chi connectivity index (χ4n) is 4.08. The molecule has 11 nitrogen and oxygen atoms in total. The summed E-state index contributed by atoms with van der Waals surface area (Å²) in [4.78, 5) is 32.9. The van der Waals surface area contributed by atoms with Crippen LogP contribution in [0.2, 0.25) is 0 Å². The van der Waals surface area contributed by atoms with E-state index < -0.39 is 0 Å². The molecule has 0 radical (unpaired) electrons. The molecule has 3 aromatic heterocycles. The van der Waals surface area contributed by atoms with Crippen LogP contribution in [0, 0.1) is 0 Å². The normalized spacial score (nSPS) is 13.0. The largest absolute Gasteiger partial charge is 0.492 e. The number of hydrogen-bond donors (Lipinski definition) is 2. The molecule has 162 valence electrons. The number of aryl methyl sites for hydroxylation is 1. The maximum atomic E-state index is 13.1. The van der Waals surface area contributed by atoms with Crippen molar-refractivity contribution in [3.63, 3.8) is 0 Å². The van der Waals surface area contributed by atoms with Gasteiger partial charge in [-0.05, 0) is 19.9 Å². The Morgan fingerprint density at radius 1 is 1.16 bits per heavy atom. The van der Waals surface area contributed by atoms with Crippen molar-refractivity contribution in [1.29, 1.82) is 0 Å². The van der Waals surface area contributed by atoms with Crippen LogP contribution in [-0.4, -0.2) is 45.3 Å². The predicted octanol–water partition coefficient (Wildman–Crippen LogP) is 1.90. The van der Waals surface area contributed by atoms with E-state index in [1.54, 1.807) is 17.8 Å². The SMILES string of the molecule is COc1c(-c2c3c(=O)[nH]n(C(C)C)c3nc3[nH]c(=O)n(C)c23)cc2c(c1OC)OCO2. The summed E-state index contributed by atoms with van der Waals surface area (Å²) in [7, 11) is 4.61. The molecule has 0 atom stereocenters. The van der Waals surface area contributed by atoms with Crippen LogP contribution in [0.3, 0.4) is 0 Å². The minimum atomic E-state index is -0.351. The third-order valence-corrected chi connectivity index (χ3v) is 5.46. The summed E-state index contributed by atoms with van der Waals surface area (Å²) in [5, 5.41) is 3.18. The van der Waals surface area contributed by atoms with E-state index in [-0.39, 0.29) is 24.1 Å². The molecule has 0 fully saturated rings. The standard InChI is InChI=1S/C20H21N5O6/c1-8(2)25-18-12(19(26)23-25)11(13-17(21-18)22-20(27)24(13)3)9-6-10-15(31-7-30-10)16(29-5)14(9)28-4/h6,8H,7H2,1-5H3,(H,23,26)(H,21,22,27). The van der Waals surface area contributed by atoms with Gasteiger partial charge in [-0.1, -0.05) is 0 Å². The van der Waals surface area contributed by atoms with Crippen LogP contribution in [-0.2, 0) is 7.05 Å². The van der Waals surface area contributed by atoms with Crippen LogP contribution in [0.15, 0.2) is 15.7 Å². The number of methoxy groups -OCH3 is 2. The number of benzene rings is 1. The second kappa shape index (κ2) is 6.56. The average molecular weight is 427 g/mol. The minimum absolute atomic E-state index is 0.0341. The summed E-state index contributed by atoms with van der Waals surface area (Å²) in [5.74, 6) is 1.56. The predicted molar refractivity (Wildman–Crippen MR) is 112 cm³/mol. The van der Waals surface area contributed by atoms with Crippen molar-refractivity contribution in [2.75, 3.05) is 21.0 Å². The monoisotopic (exact) mass is 427 g/mol. The molecule has 0 unspecified atom stereocenters. The number of fused-ring (bicyclic) bond motifs is 3. The molecule has 4 aromatic rings. The summed E-state index contributed by atoms with van der Waals surface area (Å²) in [6.07, 6.45) is 0. The van der Waals surface area contributed by atoms with Gasteiger partial charge >= 0.3 is 5.69 Å². The van der Waals surface area contributed by atoms with E-state index in [0.29, 0.717) is 56.3 Å². The van der Waals surface area contributed by atoms with Crippen LogP contribution in [0.5, 0.6) is 23.0 Å². The van der Waals surface area contributed by atoms with Crippen molar-refractivity contribution in [2.24, 2.45) is 7.05 Å². The van der Waals surface area contributed by atoms with E-state index in [9.17, 15) is 9.59 Å². The zero-order chi connectivity index (χ0) is 22.0. The van der Waals surface area contributed by atoms with E-state index >= 15 is 0 Å². The van der Waals surface area contributed by atoms with Gasteiger partial charge < -0.3 is 18.9 Å². The van der Waals surface area contributed by atoms with Crippen molar-refractivity contribution < 1.29 is 18.9 Å². The lowest BCUT2D eigenvalue weighted by atomic mass is 9.99. The molecule has 0 aliphatic carbocycles. The van der Waals surface area contributed by atoms with Gasteiger partial charge in [-0.15, -0.1) is 0 Å². The fraction of sp³-hybridized carbons (Fsp3) is 0.350. The van der Waals surface area contributed by atoms with E-state index in [4.69, 9.17) is 18.9 Å². The first-order chi connectivity index (χ1) is 14.9. The number of pyridine rings is 1. The third-order valence-electron chi connectivity index (χ3n) is 5.46. The van der Waals surface area contributed by atoms with Crippen molar-refractivity contribution in [1.82, 2.24) is 24.3 Å². The summed E-state index contributed by atoms with van der Waals surface area (Å²) in [6, 6.07) is 1.66. The first-order valence-electron chi connectivity index (χ1n) is 9.65. The molecule has 5 rings (SSSR count). The second-order valence-corrected chi connectivity index (χ2v) is 7.50. The quantitative estimate of drug-likeness (QED) is 0.509. The molecule has 0 saturated heterocycles. The Bertz CT molecular complexity index is 1470. The lowest BCUT2D eigenvalue weighted by Crippen LogP contribution is -2.12. The van der Waals surface area contributed by atoms with Crippen LogP contribution < -0.4 is 30.2 Å². The number of rotatable bonds is 4. The lowest BCUT2D eigenvalue weighted by molar-refractivity contribution is 0.170. The van der Waals surface area contributed by atoms with Gasteiger partial charge in [-0.3, -0.25) is 24.1 Å². The molecule has 1 aliphatic rings. The number of aromatic amines is 2. The summed E-state index contributed by atoms with van der Waals surface area (Å²) in [6.45, 7) is 3.89. The molecule has 1 aliphatic heterocycles. The maximum Gasteiger partial charge on any atom is 0.327 e. The Kier molecular flexibility index (Phi) is 4.04. The van der Waals surface area contributed by atoms with Gasteiger partial charge in [0.25, 0.3) is 5.56 Å². The molecule has 11 heteroatoms. The topological polar surface area (TPSA) is 125 Å². The zero-order valence-corrected chi connectivity index (χ0v) is 17.7. The zero-order valence-electron chi connectivity index (χ0n) is 17.7. The highest BCUT2D eigenvalue weighted by atomic mass is 16.7. The number of H-pyrrole nitrogens is 2. The van der Waals surface area contributed by atoms with Gasteiger partial charge in [0.2, 0.25) is 18.3 Å². The van der Waals surface area contributed by atoms with E-state index in [2.05, 4.69) is 15.1 Å². The smallest absolute Gasteiger partial charge is 0.327 e. The Morgan fingerprint density at radius 3 is 2.58 bits per heavy atom. The van der Waals surface area contributed by atoms with Gasteiger partial charge in [-0.2, -0.15) is 0 Å². The highest BCUT2D eigenvalue weighted by molar-refractivity contribution is 6.08. The number of nitrogens with zero attached hydrogens (tertiary/aromatic N) is 3. The first-order valence-corrected chi connectivity index (χ1v) is 9.65. The molecule has 31 heavy (non-hydrogen) atoms. The van der Waals surface area contributed by atoms with E-state index in [1.165, 1.54) is 18.8 Å². The minimum Gasteiger partial charge on any atom is -0.492 e. The van der Waals surface area contributed by atoms with Crippen LogP contribution in [0.25, 0.3) is 33.3 Å². The third kappa shape index (κ3) is 2.49. The highest BCUT2D eigenvalue weighted by Crippen LogP contribution is 2.53. The van der Waals surface area contributed by atoms with Crippen molar-refractivity contribution >= 4 is 22.2 Å². The molecular weight excluding hydrogens is 406 g/mol. The van der Waals surface area contributed by atoms with E-state index in [1.807, 2.05) is 13.8 Å². The summed E-state index contributed by atoms with van der Waals surface area (Å²) in [5.41, 5.74) is 1.54. The van der Waals surface area contributed by atoms with Crippen LogP contribution in [0.1, 0.15) is 19.9 Å². The number of imidazole rings is 1. The number of aromatic nitrogens is 5. The highest BCUT2D eigenvalue weighted by Gasteiger charge is 2.31. The number of nitrogens with one attached hydrogen (secondary N) is 2. The fourth-order valence-corrected chi connectivity index (χ4v) is 4.08. The summed E-state index contributed by atoms with van der Waals surface area (Å²) < 4.78 is 25.5. The van der Waals surface area contributed by atoms with Crippen molar-refractivity contribution in [3.8, 4) is 34.1 Å². The van der Waals surface area contributed by atoms with Gasteiger partial charge in [0.1, 0.15) is 0 Å². The molecule has 0 spiro atoms. The summed E-state index contributed by atoms with van der Waals surface area (Å²) >= 11 is 0. The van der Waals surface area contributed by atoms with Gasteiger partial charge in [0, 0.05) is 24.2 Å². The molecule has 0 saturated carbocycles. The first kappa shape index (κ1) is 19.1. The maximum absolute atomic E-state index is 13.1. The van der Waals surface area contributed by atoms with Crippen LogP contribution in [0.4, 0.5) is 0 Å². The Hall–Kier alpha value is -3.89. The van der Waals surface area contributed by atoms with E-state index in [0.717, 1.165) is 0 Å². The Morgan fingerprint density at radius 2 is 1.90 bits per heavy atom. The second-order valence-electron chi connectivity index (χ2n) is 7.50. The molecule has 4 heterocycles. The van der Waals surface area contributed by atoms with Gasteiger partial charge in [0.15, 0.2) is 22.8 Å². The average Bonchev–Trinajstić information content (AvgIpc) is 3.42. The number of ether oxygens (including phenoxy) is 4. The molecule has 0 amide bonds. The number of hydrogen-bond acceptors (Lipinski definition) is 7.